The lowest BCUT2D eigenvalue weighted by Crippen LogP contribution is -2.49. The number of carbonyl (C=O) groups is 2. The van der Waals surface area contributed by atoms with Gasteiger partial charge in [0.15, 0.2) is 0 Å². The fraction of sp³-hybridized carbons (Fsp3) is 0.846. The summed E-state index contributed by atoms with van der Waals surface area (Å²) < 4.78 is 0. The lowest BCUT2D eigenvalue weighted by Gasteiger charge is -2.36. The van der Waals surface area contributed by atoms with Crippen molar-refractivity contribution in [2.75, 3.05) is 33.7 Å². The number of hydrogen-bond donors (Lipinski definition) is 2. The molecule has 1 atom stereocenters. The van der Waals surface area contributed by atoms with E-state index >= 15 is 0 Å². The molecule has 0 aromatic carbocycles. The Labute approximate surface area is 109 Å². The summed E-state index contributed by atoms with van der Waals surface area (Å²) in [7, 11) is 3.37. The molecular formula is C13H25N3O2. The van der Waals surface area contributed by atoms with E-state index in [-0.39, 0.29) is 18.4 Å². The molecule has 1 fully saturated rings. The maximum absolute atomic E-state index is 12.2. The van der Waals surface area contributed by atoms with E-state index in [1.54, 1.807) is 14.1 Å². The Kier molecular flexibility index (Phi) is 5.14. The summed E-state index contributed by atoms with van der Waals surface area (Å²) >= 11 is 0. The molecule has 104 valence electrons. The zero-order valence-corrected chi connectivity index (χ0v) is 11.9. The van der Waals surface area contributed by atoms with E-state index in [9.17, 15) is 9.59 Å². The number of nitrogens with zero attached hydrogens (tertiary/aromatic N) is 1. The average molecular weight is 255 g/mol. The van der Waals surface area contributed by atoms with E-state index in [1.807, 2.05) is 13.8 Å². The van der Waals surface area contributed by atoms with Gasteiger partial charge >= 0.3 is 0 Å². The zero-order valence-electron chi connectivity index (χ0n) is 11.9. The second-order valence-electron chi connectivity index (χ2n) is 5.74. The van der Waals surface area contributed by atoms with Gasteiger partial charge in [0.25, 0.3) is 0 Å². The largest absolute Gasteiger partial charge is 0.347 e. The van der Waals surface area contributed by atoms with Crippen molar-refractivity contribution in [2.24, 2.45) is 11.3 Å². The van der Waals surface area contributed by atoms with E-state index in [0.29, 0.717) is 5.92 Å². The van der Waals surface area contributed by atoms with E-state index in [1.165, 1.54) is 4.90 Å². The topological polar surface area (TPSA) is 61.4 Å². The first-order valence-corrected chi connectivity index (χ1v) is 6.55. The van der Waals surface area contributed by atoms with Gasteiger partial charge in [-0.3, -0.25) is 9.59 Å². The molecular weight excluding hydrogens is 230 g/mol. The van der Waals surface area contributed by atoms with Gasteiger partial charge < -0.3 is 15.5 Å². The van der Waals surface area contributed by atoms with E-state index in [2.05, 4.69) is 10.6 Å². The molecule has 5 heteroatoms. The molecule has 1 aliphatic rings. The van der Waals surface area contributed by atoms with Crippen LogP contribution >= 0.6 is 0 Å². The molecule has 1 rings (SSSR count). The molecule has 0 bridgehead atoms. The molecule has 0 saturated carbocycles. The minimum atomic E-state index is -0.431. The van der Waals surface area contributed by atoms with Gasteiger partial charge in [-0.1, -0.05) is 13.8 Å². The van der Waals surface area contributed by atoms with Crippen molar-refractivity contribution in [3.8, 4) is 0 Å². The van der Waals surface area contributed by atoms with Crippen LogP contribution in [0.3, 0.4) is 0 Å². The predicted molar refractivity (Wildman–Crippen MR) is 71.1 cm³/mol. The van der Waals surface area contributed by atoms with E-state index in [0.717, 1.165) is 25.9 Å². The highest BCUT2D eigenvalue weighted by atomic mass is 16.2. The molecule has 0 aromatic heterocycles. The first-order chi connectivity index (χ1) is 8.35. The summed E-state index contributed by atoms with van der Waals surface area (Å²) in [5.41, 5.74) is -0.431. The van der Waals surface area contributed by atoms with Crippen molar-refractivity contribution in [2.45, 2.75) is 26.7 Å². The van der Waals surface area contributed by atoms with Gasteiger partial charge in [0.2, 0.25) is 11.8 Å². The first-order valence-electron chi connectivity index (χ1n) is 6.55. The Balaban J connectivity index is 2.50. The summed E-state index contributed by atoms with van der Waals surface area (Å²) in [6.45, 7) is 5.91. The van der Waals surface area contributed by atoms with Crippen LogP contribution in [0.25, 0.3) is 0 Å². The van der Waals surface area contributed by atoms with Gasteiger partial charge in [-0.25, -0.2) is 0 Å². The Hall–Kier alpha value is -1.10. The maximum Gasteiger partial charge on any atom is 0.241 e. The highest BCUT2D eigenvalue weighted by Gasteiger charge is 2.37. The van der Waals surface area contributed by atoms with Gasteiger partial charge in [-0.05, 0) is 31.8 Å². The molecule has 1 aliphatic heterocycles. The molecule has 2 N–H and O–H groups in total. The number of hydrogen-bond acceptors (Lipinski definition) is 3. The average Bonchev–Trinajstić information content (AvgIpc) is 2.36. The fourth-order valence-corrected chi connectivity index (χ4v) is 2.20. The molecule has 1 unspecified atom stereocenters. The zero-order chi connectivity index (χ0) is 13.8. The van der Waals surface area contributed by atoms with Crippen LogP contribution in [-0.4, -0.2) is 50.4 Å². The Morgan fingerprint density at radius 3 is 2.56 bits per heavy atom. The minimum Gasteiger partial charge on any atom is -0.347 e. The third-order valence-electron chi connectivity index (χ3n) is 3.80. The highest BCUT2D eigenvalue weighted by molar-refractivity contribution is 5.87. The van der Waals surface area contributed by atoms with Crippen molar-refractivity contribution in [1.29, 1.82) is 0 Å². The SMILES string of the molecule is CN(C)C(=O)CNC(=O)C(C)(C)C1CCCNC1. The van der Waals surface area contributed by atoms with Gasteiger partial charge in [0, 0.05) is 19.5 Å². The summed E-state index contributed by atoms with van der Waals surface area (Å²) in [6, 6.07) is 0. The minimum absolute atomic E-state index is 0.0357. The molecule has 5 nitrogen and oxygen atoms in total. The van der Waals surface area contributed by atoms with Gasteiger partial charge in [0.05, 0.1) is 6.54 Å². The molecule has 1 heterocycles. The number of likely N-dealkylation sites (N-methyl/N-ethyl adjacent to an activating group) is 1. The summed E-state index contributed by atoms with van der Waals surface area (Å²) in [5.74, 6) is 0.216. The standard InChI is InChI=1S/C13H25N3O2/c1-13(2,10-6-5-7-14-8-10)12(18)15-9-11(17)16(3)4/h10,14H,5-9H2,1-4H3,(H,15,18). The number of nitrogens with one attached hydrogen (secondary N) is 2. The van der Waals surface area contributed by atoms with Crippen LogP contribution in [0, 0.1) is 11.3 Å². The quantitative estimate of drug-likeness (QED) is 0.755. The monoisotopic (exact) mass is 255 g/mol. The maximum atomic E-state index is 12.2. The van der Waals surface area contributed by atoms with Crippen molar-refractivity contribution in [1.82, 2.24) is 15.5 Å². The lowest BCUT2D eigenvalue weighted by atomic mass is 9.74. The smallest absolute Gasteiger partial charge is 0.241 e. The number of piperidine rings is 1. The summed E-state index contributed by atoms with van der Waals surface area (Å²) in [6.07, 6.45) is 2.17. The fourth-order valence-electron chi connectivity index (χ4n) is 2.20. The molecule has 18 heavy (non-hydrogen) atoms. The van der Waals surface area contributed by atoms with Gasteiger partial charge in [-0.15, -0.1) is 0 Å². The van der Waals surface area contributed by atoms with Crippen LogP contribution in [-0.2, 0) is 9.59 Å². The van der Waals surface area contributed by atoms with Crippen molar-refractivity contribution in [3.05, 3.63) is 0 Å². The first kappa shape index (κ1) is 15.0. The molecule has 0 aromatic rings. The molecule has 0 aliphatic carbocycles. The second-order valence-corrected chi connectivity index (χ2v) is 5.74. The number of rotatable bonds is 4. The normalized spacial score (nSPS) is 20.3. The Bertz CT molecular complexity index is 307. The van der Waals surface area contributed by atoms with Crippen LogP contribution < -0.4 is 10.6 Å². The van der Waals surface area contributed by atoms with Crippen molar-refractivity contribution in [3.63, 3.8) is 0 Å². The van der Waals surface area contributed by atoms with Crippen LogP contribution in [0.15, 0.2) is 0 Å². The van der Waals surface area contributed by atoms with Crippen LogP contribution in [0.1, 0.15) is 26.7 Å². The number of amides is 2. The van der Waals surface area contributed by atoms with Gasteiger partial charge in [0.1, 0.15) is 0 Å². The summed E-state index contributed by atoms with van der Waals surface area (Å²) in [5, 5.41) is 6.07. The second kappa shape index (κ2) is 6.18. The molecule has 2 amide bonds. The van der Waals surface area contributed by atoms with E-state index < -0.39 is 5.41 Å². The lowest BCUT2D eigenvalue weighted by molar-refractivity contribution is -0.136. The predicted octanol–water partition coefficient (Wildman–Crippen LogP) is 0.217. The Morgan fingerprint density at radius 2 is 2.06 bits per heavy atom. The van der Waals surface area contributed by atoms with Crippen molar-refractivity contribution < 1.29 is 9.59 Å². The third kappa shape index (κ3) is 3.70. The molecule has 0 radical (unpaired) electrons. The van der Waals surface area contributed by atoms with E-state index in [4.69, 9.17) is 0 Å². The van der Waals surface area contributed by atoms with Crippen LogP contribution in [0.5, 0.6) is 0 Å². The highest BCUT2D eigenvalue weighted by Crippen LogP contribution is 2.31. The third-order valence-corrected chi connectivity index (χ3v) is 3.80. The summed E-state index contributed by atoms with van der Waals surface area (Å²) in [4.78, 5) is 25.1. The molecule has 0 spiro atoms. The van der Waals surface area contributed by atoms with Crippen LogP contribution in [0.2, 0.25) is 0 Å². The van der Waals surface area contributed by atoms with Gasteiger partial charge in [-0.2, -0.15) is 0 Å². The van der Waals surface area contributed by atoms with Crippen molar-refractivity contribution >= 4 is 11.8 Å². The number of carbonyl (C=O) groups excluding carboxylic acids is 2. The molecule has 1 saturated heterocycles. The van der Waals surface area contributed by atoms with Crippen LogP contribution in [0.4, 0.5) is 0 Å². The Morgan fingerprint density at radius 1 is 1.39 bits per heavy atom.